The molecule has 6 rings (SSSR count). The Hall–Kier alpha value is -3.40. The predicted molar refractivity (Wildman–Crippen MR) is 136 cm³/mol. The molecule has 2 fully saturated rings. The van der Waals surface area contributed by atoms with Crippen molar-refractivity contribution in [1.29, 1.82) is 0 Å². The second-order valence-electron chi connectivity index (χ2n) is 9.82. The monoisotopic (exact) mass is 489 g/mol. The summed E-state index contributed by atoms with van der Waals surface area (Å²) < 4.78 is 19.6. The number of hydrogen-bond acceptors (Lipinski definition) is 8. The van der Waals surface area contributed by atoms with Crippen LogP contribution in [0.3, 0.4) is 0 Å². The SMILES string of the molecule is NN1C[C@]12CC[C@H](n1cc3c(nc1=O)Nc1c(OCCCOCc4ccccc4)cccc1O3)CC2. The van der Waals surface area contributed by atoms with E-state index >= 15 is 0 Å². The highest BCUT2D eigenvalue weighted by Gasteiger charge is 2.52. The van der Waals surface area contributed by atoms with Gasteiger partial charge in [0.1, 0.15) is 11.4 Å². The highest BCUT2D eigenvalue weighted by molar-refractivity contribution is 5.77. The smallest absolute Gasteiger partial charge is 0.350 e. The highest BCUT2D eigenvalue weighted by Crippen LogP contribution is 2.47. The minimum absolute atomic E-state index is 0.110. The third-order valence-corrected chi connectivity index (χ3v) is 7.42. The summed E-state index contributed by atoms with van der Waals surface area (Å²) in [6.45, 7) is 2.64. The van der Waals surface area contributed by atoms with Gasteiger partial charge in [0.05, 0.1) is 26.0 Å². The van der Waals surface area contributed by atoms with Gasteiger partial charge in [0.15, 0.2) is 17.3 Å². The maximum absolute atomic E-state index is 12.9. The van der Waals surface area contributed by atoms with Gasteiger partial charge >= 0.3 is 5.69 Å². The molecule has 0 bridgehead atoms. The van der Waals surface area contributed by atoms with Crippen molar-refractivity contribution in [2.45, 2.75) is 50.3 Å². The van der Waals surface area contributed by atoms with E-state index in [0.717, 1.165) is 44.2 Å². The molecule has 36 heavy (non-hydrogen) atoms. The molecule has 3 aliphatic rings. The van der Waals surface area contributed by atoms with Crippen molar-refractivity contribution in [3.05, 3.63) is 70.8 Å². The first-order valence-corrected chi connectivity index (χ1v) is 12.6. The summed E-state index contributed by atoms with van der Waals surface area (Å²) in [6, 6.07) is 15.9. The van der Waals surface area contributed by atoms with Crippen LogP contribution in [0, 0.1) is 0 Å². The summed E-state index contributed by atoms with van der Waals surface area (Å²) in [6.07, 6.45) is 6.35. The Balaban J connectivity index is 1.07. The summed E-state index contributed by atoms with van der Waals surface area (Å²) in [5.74, 6) is 8.23. The second kappa shape index (κ2) is 9.57. The number of hydrogen-bond donors (Lipinski definition) is 2. The predicted octanol–water partition coefficient (Wildman–Crippen LogP) is 4.12. The van der Waals surface area contributed by atoms with Gasteiger partial charge < -0.3 is 19.5 Å². The first-order valence-electron chi connectivity index (χ1n) is 12.6. The Morgan fingerprint density at radius 1 is 1.08 bits per heavy atom. The molecule has 9 heteroatoms. The fourth-order valence-electron chi connectivity index (χ4n) is 5.21. The zero-order valence-electron chi connectivity index (χ0n) is 20.2. The first-order chi connectivity index (χ1) is 17.6. The van der Waals surface area contributed by atoms with Gasteiger partial charge in [-0.1, -0.05) is 36.4 Å². The molecule has 2 aromatic carbocycles. The molecule has 3 N–H and O–H groups in total. The van der Waals surface area contributed by atoms with Crippen molar-refractivity contribution in [3.8, 4) is 17.2 Å². The largest absolute Gasteiger partial charge is 0.491 e. The average molecular weight is 490 g/mol. The van der Waals surface area contributed by atoms with Crippen molar-refractivity contribution in [3.63, 3.8) is 0 Å². The first kappa shape index (κ1) is 23.0. The molecule has 0 radical (unpaired) electrons. The molecule has 1 spiro atoms. The van der Waals surface area contributed by atoms with Gasteiger partial charge in [0.2, 0.25) is 0 Å². The highest BCUT2D eigenvalue weighted by atomic mass is 16.5. The molecule has 9 nitrogen and oxygen atoms in total. The van der Waals surface area contributed by atoms with Gasteiger partial charge in [0, 0.05) is 24.5 Å². The lowest BCUT2D eigenvalue weighted by atomic mass is 9.85. The molecule has 3 aromatic rings. The van der Waals surface area contributed by atoms with Gasteiger partial charge in [0.25, 0.3) is 0 Å². The van der Waals surface area contributed by atoms with Gasteiger partial charge in [-0.25, -0.2) is 9.80 Å². The van der Waals surface area contributed by atoms with Crippen molar-refractivity contribution in [1.82, 2.24) is 14.6 Å². The summed E-state index contributed by atoms with van der Waals surface area (Å²) in [4.78, 5) is 17.2. The van der Waals surface area contributed by atoms with E-state index in [2.05, 4.69) is 10.3 Å². The number of hydrazine groups is 1. The number of nitrogens with one attached hydrogen (secondary N) is 1. The molecule has 1 saturated heterocycles. The average Bonchev–Trinajstić information content (AvgIpc) is 3.53. The number of para-hydroxylation sites is 1. The lowest BCUT2D eigenvalue weighted by molar-refractivity contribution is 0.107. The van der Waals surface area contributed by atoms with Gasteiger partial charge in [-0.05, 0) is 43.4 Å². The molecule has 1 aromatic heterocycles. The standard InChI is InChI=1S/C27H31N5O4/c28-32-18-27(32)12-10-20(11-13-27)31-16-23-25(30-26(31)33)29-24-21(8-4-9-22(24)36-23)35-15-5-14-34-17-19-6-2-1-3-7-19/h1-4,6-9,16,20H,5,10-15,17-18,28H2,(H,29,30,33)/t20-,27+,32?. The molecule has 1 atom stereocenters. The fraction of sp³-hybridized carbons (Fsp3) is 0.407. The Kier molecular flexibility index (Phi) is 6.12. The van der Waals surface area contributed by atoms with Crippen LogP contribution in [0.15, 0.2) is 59.5 Å². The molecule has 1 saturated carbocycles. The molecular formula is C27H31N5O4. The molecule has 188 valence electrons. The quantitative estimate of drug-likeness (QED) is 0.216. The Bertz CT molecular complexity index is 1290. The second-order valence-corrected chi connectivity index (χ2v) is 9.82. The van der Waals surface area contributed by atoms with Crippen LogP contribution >= 0.6 is 0 Å². The lowest BCUT2D eigenvalue weighted by Gasteiger charge is -2.30. The van der Waals surface area contributed by atoms with Crippen LogP contribution in [0.1, 0.15) is 43.7 Å². The molecule has 2 aliphatic heterocycles. The number of rotatable bonds is 8. The van der Waals surface area contributed by atoms with Crippen LogP contribution in [0.4, 0.5) is 11.5 Å². The topological polar surface area (TPSA) is 104 Å². The number of ether oxygens (including phenoxy) is 3. The van der Waals surface area contributed by atoms with Gasteiger partial charge in [-0.2, -0.15) is 4.98 Å². The van der Waals surface area contributed by atoms with Gasteiger partial charge in [-0.3, -0.25) is 10.4 Å². The third-order valence-electron chi connectivity index (χ3n) is 7.42. The van der Waals surface area contributed by atoms with Gasteiger partial charge in [-0.15, -0.1) is 0 Å². The Morgan fingerprint density at radius 2 is 1.89 bits per heavy atom. The number of benzene rings is 2. The summed E-state index contributed by atoms with van der Waals surface area (Å²) in [7, 11) is 0. The van der Waals surface area contributed by atoms with E-state index < -0.39 is 0 Å². The van der Waals surface area contributed by atoms with E-state index in [1.807, 2.05) is 53.5 Å². The van der Waals surface area contributed by atoms with E-state index in [1.54, 1.807) is 10.8 Å². The molecule has 1 unspecified atom stereocenters. The summed E-state index contributed by atoms with van der Waals surface area (Å²) >= 11 is 0. The van der Waals surface area contributed by atoms with Crippen molar-refractivity contribution in [2.75, 3.05) is 25.1 Å². The summed E-state index contributed by atoms with van der Waals surface area (Å²) in [5.41, 5.74) is 1.71. The van der Waals surface area contributed by atoms with E-state index in [-0.39, 0.29) is 17.3 Å². The Labute approximate surface area is 209 Å². The molecule has 3 heterocycles. The maximum Gasteiger partial charge on any atom is 0.350 e. The van der Waals surface area contributed by atoms with Crippen molar-refractivity contribution in [2.24, 2.45) is 5.84 Å². The number of fused-ring (bicyclic) bond motifs is 2. The van der Waals surface area contributed by atoms with E-state index in [1.165, 1.54) is 0 Å². The number of nitrogens with two attached hydrogens (primary N) is 1. The zero-order chi connectivity index (χ0) is 24.5. The normalized spacial score (nSPS) is 23.8. The minimum atomic E-state index is -0.274. The van der Waals surface area contributed by atoms with Crippen molar-refractivity contribution < 1.29 is 14.2 Å². The van der Waals surface area contributed by atoms with E-state index in [4.69, 9.17) is 20.1 Å². The van der Waals surface area contributed by atoms with Crippen LogP contribution in [0.5, 0.6) is 17.2 Å². The van der Waals surface area contributed by atoms with E-state index in [9.17, 15) is 4.79 Å². The van der Waals surface area contributed by atoms with Crippen LogP contribution < -0.4 is 26.3 Å². The number of aromatic nitrogens is 2. The van der Waals surface area contributed by atoms with Crippen molar-refractivity contribution >= 4 is 11.5 Å². The maximum atomic E-state index is 12.9. The third kappa shape index (κ3) is 4.57. The summed E-state index contributed by atoms with van der Waals surface area (Å²) in [5, 5.41) is 5.17. The van der Waals surface area contributed by atoms with Crippen LogP contribution in [-0.2, 0) is 11.3 Å². The molecule has 1 aliphatic carbocycles. The molecular weight excluding hydrogens is 458 g/mol. The van der Waals surface area contributed by atoms with E-state index in [0.29, 0.717) is 48.6 Å². The van der Waals surface area contributed by atoms with Crippen LogP contribution in [0.2, 0.25) is 0 Å². The minimum Gasteiger partial charge on any atom is -0.491 e. The number of anilines is 2. The zero-order valence-corrected chi connectivity index (χ0v) is 20.2. The Morgan fingerprint density at radius 3 is 2.67 bits per heavy atom. The van der Waals surface area contributed by atoms with Crippen LogP contribution in [0.25, 0.3) is 0 Å². The number of nitrogens with zero attached hydrogens (tertiary/aromatic N) is 3. The fourth-order valence-corrected chi connectivity index (χ4v) is 5.21. The molecule has 0 amide bonds. The van der Waals surface area contributed by atoms with Crippen LogP contribution in [-0.4, -0.2) is 39.9 Å². The lowest BCUT2D eigenvalue weighted by Crippen LogP contribution is -2.34.